The third kappa shape index (κ3) is 12.9. The van der Waals surface area contributed by atoms with Crippen LogP contribution in [0.5, 0.6) is 0 Å². The molecule has 3 aromatic carbocycles. The number of anilines is 1. The van der Waals surface area contributed by atoms with Crippen molar-refractivity contribution >= 4 is 81.7 Å². The third-order valence-electron chi connectivity index (χ3n) is 9.15. The number of benzene rings is 3. The summed E-state index contributed by atoms with van der Waals surface area (Å²) in [6.45, 7) is 1.08. The summed E-state index contributed by atoms with van der Waals surface area (Å²) in [6.07, 6.45) is -2.22. The van der Waals surface area contributed by atoms with Crippen molar-refractivity contribution in [3.8, 4) is 0 Å². The number of rotatable bonds is 9. The highest BCUT2D eigenvalue weighted by molar-refractivity contribution is 7.09. The largest absolute Gasteiger partial charge is 0.480 e. The van der Waals surface area contributed by atoms with Crippen molar-refractivity contribution in [3.05, 3.63) is 122 Å². The molecule has 304 valence electrons. The lowest BCUT2D eigenvalue weighted by atomic mass is 10.0. The lowest BCUT2D eigenvalue weighted by Crippen LogP contribution is -2.58. The maximum atomic E-state index is 14.3. The van der Waals surface area contributed by atoms with Gasteiger partial charge in [0, 0.05) is 46.8 Å². The highest BCUT2D eigenvalue weighted by Crippen LogP contribution is 2.23. The van der Waals surface area contributed by atoms with Gasteiger partial charge in [-0.05, 0) is 65.2 Å². The zero-order chi connectivity index (χ0) is 41.8. The summed E-state index contributed by atoms with van der Waals surface area (Å²) in [5, 5.41) is 25.7. The number of ether oxygens (including phenoxy) is 1. The molecular formula is C41H41Cl2N5O9S. The van der Waals surface area contributed by atoms with E-state index < -0.39 is 78.2 Å². The first kappa shape index (κ1) is 43.4. The lowest BCUT2D eigenvalue weighted by molar-refractivity contribution is -0.153. The Morgan fingerprint density at radius 1 is 0.759 bits per heavy atom. The van der Waals surface area contributed by atoms with Crippen LogP contribution < -0.4 is 26.6 Å². The monoisotopic (exact) mass is 849 g/mol. The number of carboxylic acid groups (broad SMARTS) is 1. The zero-order valence-electron chi connectivity index (χ0n) is 31.2. The highest BCUT2D eigenvalue weighted by atomic mass is 35.5. The first-order valence-electron chi connectivity index (χ1n) is 18.2. The number of aryl methyl sites for hydroxylation is 1. The number of hydrogen-bond acceptors (Lipinski definition) is 9. The predicted molar refractivity (Wildman–Crippen MR) is 217 cm³/mol. The number of thiophene rings is 1. The minimum absolute atomic E-state index is 0.0132. The second-order valence-corrected chi connectivity index (χ2v) is 15.5. The van der Waals surface area contributed by atoms with Crippen molar-refractivity contribution in [2.24, 2.45) is 0 Å². The van der Waals surface area contributed by atoms with E-state index in [1.807, 2.05) is 30.3 Å². The first-order chi connectivity index (χ1) is 27.7. The number of hydrogen-bond donors (Lipinski definition) is 6. The van der Waals surface area contributed by atoms with E-state index in [1.165, 1.54) is 29.5 Å². The van der Waals surface area contributed by atoms with Gasteiger partial charge in [-0.1, -0.05) is 77.8 Å². The van der Waals surface area contributed by atoms with Crippen molar-refractivity contribution in [1.29, 1.82) is 0 Å². The van der Waals surface area contributed by atoms with Crippen LogP contribution in [0.25, 0.3) is 0 Å². The molecule has 2 aliphatic rings. The third-order valence-corrected chi connectivity index (χ3v) is 10.6. The molecule has 5 atom stereocenters. The van der Waals surface area contributed by atoms with Gasteiger partial charge in [-0.25, -0.2) is 4.79 Å². The minimum Gasteiger partial charge on any atom is -0.480 e. The molecule has 6 rings (SSSR count). The number of halogens is 2. The van der Waals surface area contributed by atoms with E-state index in [4.69, 9.17) is 27.9 Å². The van der Waals surface area contributed by atoms with Crippen molar-refractivity contribution in [2.45, 2.75) is 75.7 Å². The number of fused-ring (bicyclic) bond motifs is 18. The normalized spacial score (nSPS) is 21.0. The summed E-state index contributed by atoms with van der Waals surface area (Å²) >= 11 is 14.0. The van der Waals surface area contributed by atoms with Crippen LogP contribution in [0.15, 0.2) is 90.3 Å². The molecule has 4 aromatic rings. The smallest absolute Gasteiger partial charge is 0.326 e. The number of carboxylic acids is 1. The van der Waals surface area contributed by atoms with Gasteiger partial charge in [0.05, 0.1) is 6.42 Å². The average Bonchev–Trinajstić information content (AvgIpc) is 3.70. The predicted octanol–water partition coefficient (Wildman–Crippen LogP) is 4.01. The van der Waals surface area contributed by atoms with Gasteiger partial charge < -0.3 is 36.4 Å². The van der Waals surface area contributed by atoms with Crippen molar-refractivity contribution in [1.82, 2.24) is 21.3 Å². The molecule has 0 saturated heterocycles. The molecule has 2 aliphatic heterocycles. The molecule has 3 heterocycles. The quantitative estimate of drug-likeness (QED) is 0.106. The molecule has 0 unspecified atom stereocenters. The molecule has 17 heteroatoms. The molecule has 0 saturated carbocycles. The highest BCUT2D eigenvalue weighted by Gasteiger charge is 2.34. The van der Waals surface area contributed by atoms with Gasteiger partial charge in [-0.2, -0.15) is 0 Å². The zero-order valence-corrected chi connectivity index (χ0v) is 33.5. The van der Waals surface area contributed by atoms with Gasteiger partial charge in [0.25, 0.3) is 5.91 Å². The fourth-order valence-electron chi connectivity index (χ4n) is 6.19. The van der Waals surface area contributed by atoms with Gasteiger partial charge in [-0.15, -0.1) is 11.3 Å². The molecule has 0 fully saturated rings. The Morgan fingerprint density at radius 3 is 2.07 bits per heavy atom. The van der Waals surface area contributed by atoms with Gasteiger partial charge in [0.2, 0.25) is 23.6 Å². The molecule has 2 bridgehead atoms. The van der Waals surface area contributed by atoms with Crippen LogP contribution in [0.3, 0.4) is 0 Å². The van der Waals surface area contributed by atoms with Crippen LogP contribution in [-0.2, 0) is 64.0 Å². The summed E-state index contributed by atoms with van der Waals surface area (Å²) in [7, 11) is 0. The molecule has 0 aliphatic carbocycles. The van der Waals surface area contributed by atoms with E-state index in [0.717, 1.165) is 12.5 Å². The Hall–Kier alpha value is -5.77. The van der Waals surface area contributed by atoms with Crippen molar-refractivity contribution < 1.29 is 43.4 Å². The average molecular weight is 851 g/mol. The van der Waals surface area contributed by atoms with Gasteiger partial charge >= 0.3 is 11.9 Å². The van der Waals surface area contributed by atoms with E-state index in [1.54, 1.807) is 41.8 Å². The number of carbonyl (C=O) groups is 7. The Morgan fingerprint density at radius 2 is 1.43 bits per heavy atom. The summed E-state index contributed by atoms with van der Waals surface area (Å²) < 4.78 is 5.20. The molecule has 6 N–H and O–H groups in total. The Kier molecular flexibility index (Phi) is 15.4. The Bertz CT molecular complexity index is 2120. The van der Waals surface area contributed by atoms with E-state index in [9.17, 15) is 38.7 Å². The maximum absolute atomic E-state index is 14.3. The van der Waals surface area contributed by atoms with Crippen LogP contribution in [0.1, 0.15) is 41.3 Å². The number of amides is 5. The number of esters is 1. The van der Waals surface area contributed by atoms with Crippen LogP contribution in [0, 0.1) is 0 Å². The SMILES string of the molecule is CC(=O)O[C@@H]1CC(=O)N[C@H](Cc2cccs2)C(=O)N[C@@H](Cc2ccc(Cl)cc2Cl)C(=O)N[C@H](CCc2ccccc2)C(=O)N[C@@H](C(=O)O)Cc2ccc(cc2)NC1=O. The number of nitrogens with one attached hydrogen (secondary N) is 5. The van der Waals surface area contributed by atoms with E-state index in [-0.39, 0.29) is 36.4 Å². The van der Waals surface area contributed by atoms with Gasteiger partial charge in [-0.3, -0.25) is 28.8 Å². The van der Waals surface area contributed by atoms with E-state index >= 15 is 0 Å². The summed E-state index contributed by atoms with van der Waals surface area (Å²) in [6, 6.07) is 18.0. The fraction of sp³-hybridized carbons (Fsp3) is 0.293. The van der Waals surface area contributed by atoms with Gasteiger partial charge in [0.1, 0.15) is 24.2 Å². The molecular weight excluding hydrogens is 809 g/mol. The molecule has 0 spiro atoms. The van der Waals surface area contributed by atoms with E-state index in [0.29, 0.717) is 27.4 Å². The van der Waals surface area contributed by atoms with E-state index in [2.05, 4.69) is 26.6 Å². The molecule has 5 amide bonds. The van der Waals surface area contributed by atoms with Gasteiger partial charge in [0.15, 0.2) is 6.10 Å². The lowest BCUT2D eigenvalue weighted by Gasteiger charge is -2.26. The topological polar surface area (TPSA) is 209 Å². The minimum atomic E-state index is -1.60. The standard InChI is InChI=1S/C41H41Cl2N5O9S/c1-23(49)57-35-22-36(50)45-33(21-29-8-5-17-58-29)39(53)47-32(19-26-12-13-27(42)20-30(26)43)38(52)46-31(16-11-24-6-3-2-4-7-24)37(51)48-34(41(55)56)18-25-9-14-28(15-10-25)44-40(35)54/h2-10,12-15,17,20,31-35H,11,16,18-19,21-22H2,1H3,(H,44,54)(H,45,50)(H,46,52)(H,47,53)(H,48,51)(H,55,56)/t31-,32+,33-,34-,35-/m1/s1. The summed E-state index contributed by atoms with van der Waals surface area (Å²) in [5.41, 5.74) is 2.01. The molecule has 58 heavy (non-hydrogen) atoms. The Labute approximate surface area is 348 Å². The summed E-state index contributed by atoms with van der Waals surface area (Å²) in [4.78, 5) is 94.5. The number of carbonyl (C=O) groups excluding carboxylic acids is 6. The Balaban J connectivity index is 1.54. The van der Waals surface area contributed by atoms with Crippen molar-refractivity contribution in [3.63, 3.8) is 0 Å². The van der Waals surface area contributed by atoms with Crippen LogP contribution in [-0.4, -0.2) is 76.9 Å². The fourth-order valence-corrected chi connectivity index (χ4v) is 7.43. The maximum Gasteiger partial charge on any atom is 0.326 e. The number of aliphatic carboxylic acids is 1. The first-order valence-corrected chi connectivity index (χ1v) is 19.9. The second-order valence-electron chi connectivity index (χ2n) is 13.6. The molecule has 0 radical (unpaired) electrons. The molecule has 14 nitrogen and oxygen atoms in total. The molecule has 1 aromatic heterocycles. The second kappa shape index (κ2) is 20.6. The van der Waals surface area contributed by atoms with Crippen molar-refractivity contribution in [2.75, 3.05) is 5.32 Å². The summed E-state index contributed by atoms with van der Waals surface area (Å²) in [5.74, 6) is -6.18. The van der Waals surface area contributed by atoms with Crippen LogP contribution >= 0.6 is 34.5 Å². The van der Waals surface area contributed by atoms with Crippen LogP contribution in [0.4, 0.5) is 5.69 Å². The van der Waals surface area contributed by atoms with Crippen LogP contribution in [0.2, 0.25) is 10.0 Å².